The summed E-state index contributed by atoms with van der Waals surface area (Å²) in [6.07, 6.45) is 1.49. The van der Waals surface area contributed by atoms with Gasteiger partial charge in [0.25, 0.3) is 17.1 Å². The molecule has 0 bridgehead atoms. The summed E-state index contributed by atoms with van der Waals surface area (Å²) < 4.78 is 5.65. The third-order valence-corrected chi connectivity index (χ3v) is 5.32. The van der Waals surface area contributed by atoms with Crippen LogP contribution in [0.2, 0.25) is 0 Å². The minimum absolute atomic E-state index is 0.141. The van der Waals surface area contributed by atoms with Gasteiger partial charge in [-0.1, -0.05) is 35.9 Å². The second-order valence-corrected chi connectivity index (χ2v) is 7.92. The first kappa shape index (κ1) is 22.1. The van der Waals surface area contributed by atoms with Crippen molar-refractivity contribution in [3.05, 3.63) is 64.1 Å². The number of nitrogens with two attached hydrogens (primary N) is 1. The first-order valence-electron chi connectivity index (χ1n) is 9.37. The fourth-order valence-electron chi connectivity index (χ4n) is 2.95. The molecule has 0 aliphatic carbocycles. The summed E-state index contributed by atoms with van der Waals surface area (Å²) in [5.41, 5.74) is 8.35. The zero-order chi connectivity index (χ0) is 22.5. The normalized spacial score (nSPS) is 14.8. The van der Waals surface area contributed by atoms with Crippen molar-refractivity contribution in [2.24, 2.45) is 5.73 Å². The van der Waals surface area contributed by atoms with Gasteiger partial charge in [0.15, 0.2) is 6.61 Å². The Balaban J connectivity index is 1.70. The number of hydrogen-bond donors (Lipinski definition) is 2. The Morgan fingerprint density at radius 1 is 1.16 bits per heavy atom. The second-order valence-electron chi connectivity index (χ2n) is 6.93. The van der Waals surface area contributed by atoms with Crippen LogP contribution in [0.5, 0.6) is 5.75 Å². The number of thioether (sulfide) groups is 1. The van der Waals surface area contributed by atoms with E-state index in [2.05, 4.69) is 5.32 Å². The van der Waals surface area contributed by atoms with E-state index in [-0.39, 0.29) is 17.4 Å². The van der Waals surface area contributed by atoms with Crippen molar-refractivity contribution in [1.82, 2.24) is 4.90 Å². The molecule has 2 aromatic carbocycles. The lowest BCUT2D eigenvalue weighted by atomic mass is 10.1. The van der Waals surface area contributed by atoms with E-state index >= 15 is 0 Å². The molecular formula is C22H21N3O5S. The monoisotopic (exact) mass is 439 g/mol. The lowest BCUT2D eigenvalue weighted by Gasteiger charge is -2.12. The minimum atomic E-state index is -0.776. The zero-order valence-corrected chi connectivity index (χ0v) is 17.8. The van der Waals surface area contributed by atoms with Crippen LogP contribution in [0.1, 0.15) is 16.7 Å². The number of para-hydroxylation sites is 1. The Kier molecular flexibility index (Phi) is 6.76. The van der Waals surface area contributed by atoms with Crippen molar-refractivity contribution in [1.29, 1.82) is 0 Å². The van der Waals surface area contributed by atoms with Gasteiger partial charge in [0.1, 0.15) is 12.3 Å². The number of hydrogen-bond acceptors (Lipinski definition) is 6. The van der Waals surface area contributed by atoms with Crippen molar-refractivity contribution in [3.63, 3.8) is 0 Å². The molecule has 8 nitrogen and oxygen atoms in total. The number of imide groups is 1. The maximum absolute atomic E-state index is 12.4. The Morgan fingerprint density at radius 3 is 2.61 bits per heavy atom. The number of ether oxygens (including phenoxy) is 1. The van der Waals surface area contributed by atoms with Gasteiger partial charge in [-0.3, -0.25) is 24.1 Å². The van der Waals surface area contributed by atoms with Crippen molar-refractivity contribution in [3.8, 4) is 5.75 Å². The molecule has 0 aromatic heterocycles. The molecule has 1 aliphatic heterocycles. The van der Waals surface area contributed by atoms with E-state index in [9.17, 15) is 19.2 Å². The Labute approximate surface area is 183 Å². The number of primary amides is 1. The molecule has 3 N–H and O–H groups in total. The summed E-state index contributed by atoms with van der Waals surface area (Å²) in [7, 11) is 0. The lowest BCUT2D eigenvalue weighted by Crippen LogP contribution is -2.36. The van der Waals surface area contributed by atoms with Gasteiger partial charge in [0.2, 0.25) is 5.91 Å². The molecule has 3 rings (SSSR count). The Hall–Kier alpha value is -3.59. The number of anilines is 1. The number of carbonyl (C=O) groups is 4. The van der Waals surface area contributed by atoms with Crippen LogP contribution in [0, 0.1) is 13.8 Å². The zero-order valence-electron chi connectivity index (χ0n) is 17.0. The van der Waals surface area contributed by atoms with Crippen LogP contribution in [0.15, 0.2) is 47.4 Å². The molecule has 0 atom stereocenters. The largest absolute Gasteiger partial charge is 0.483 e. The lowest BCUT2D eigenvalue weighted by molar-refractivity contribution is -0.127. The molecule has 2 aromatic rings. The van der Waals surface area contributed by atoms with Crippen LogP contribution in [0.4, 0.5) is 10.5 Å². The van der Waals surface area contributed by atoms with Crippen molar-refractivity contribution < 1.29 is 23.9 Å². The number of carbonyl (C=O) groups excluding carboxylic acids is 4. The van der Waals surface area contributed by atoms with Gasteiger partial charge in [0, 0.05) is 11.3 Å². The van der Waals surface area contributed by atoms with E-state index in [0.717, 1.165) is 16.0 Å². The van der Waals surface area contributed by atoms with Gasteiger partial charge in [-0.05, 0) is 49.4 Å². The highest BCUT2D eigenvalue weighted by molar-refractivity contribution is 8.18. The summed E-state index contributed by atoms with van der Waals surface area (Å²) >= 11 is 0.712. The third kappa shape index (κ3) is 5.52. The van der Waals surface area contributed by atoms with Crippen LogP contribution < -0.4 is 15.8 Å². The second kappa shape index (κ2) is 9.48. The fourth-order valence-corrected chi connectivity index (χ4v) is 3.78. The summed E-state index contributed by atoms with van der Waals surface area (Å²) in [6.45, 7) is 3.17. The van der Waals surface area contributed by atoms with Crippen LogP contribution in [-0.2, 0) is 14.4 Å². The summed E-state index contributed by atoms with van der Waals surface area (Å²) in [4.78, 5) is 48.7. The van der Waals surface area contributed by atoms with E-state index in [4.69, 9.17) is 10.5 Å². The van der Waals surface area contributed by atoms with Gasteiger partial charge in [-0.25, -0.2) is 0 Å². The Morgan fingerprint density at radius 2 is 1.90 bits per heavy atom. The molecule has 31 heavy (non-hydrogen) atoms. The molecule has 0 radical (unpaired) electrons. The first-order chi connectivity index (χ1) is 14.7. The quantitative estimate of drug-likeness (QED) is 0.641. The summed E-state index contributed by atoms with van der Waals surface area (Å²) in [5.74, 6) is -1.33. The number of rotatable bonds is 7. The molecular weight excluding hydrogens is 418 g/mol. The van der Waals surface area contributed by atoms with E-state index in [1.165, 1.54) is 6.08 Å². The smallest absolute Gasteiger partial charge is 0.294 e. The molecule has 1 aliphatic rings. The third-order valence-electron chi connectivity index (χ3n) is 4.41. The molecule has 1 saturated heterocycles. The van der Waals surface area contributed by atoms with Crippen LogP contribution >= 0.6 is 11.8 Å². The number of nitrogens with one attached hydrogen (secondary N) is 1. The van der Waals surface area contributed by atoms with Gasteiger partial charge >= 0.3 is 0 Å². The molecule has 4 amide bonds. The maximum Gasteiger partial charge on any atom is 0.294 e. The van der Waals surface area contributed by atoms with Crippen molar-refractivity contribution in [2.45, 2.75) is 13.8 Å². The topological polar surface area (TPSA) is 119 Å². The van der Waals surface area contributed by atoms with Gasteiger partial charge in [-0.15, -0.1) is 0 Å². The first-order valence-corrected chi connectivity index (χ1v) is 10.2. The van der Waals surface area contributed by atoms with Gasteiger partial charge < -0.3 is 15.8 Å². The highest BCUT2D eigenvalue weighted by atomic mass is 32.2. The number of amides is 4. The summed E-state index contributed by atoms with van der Waals surface area (Å²) in [5, 5.41) is 2.24. The van der Waals surface area contributed by atoms with Crippen molar-refractivity contribution >= 4 is 46.5 Å². The highest BCUT2D eigenvalue weighted by Crippen LogP contribution is 2.33. The molecule has 0 unspecified atom stereocenters. The fraction of sp³-hybridized carbons (Fsp3) is 0.182. The van der Waals surface area contributed by atoms with E-state index in [0.29, 0.717) is 28.8 Å². The molecule has 9 heteroatoms. The number of aryl methyl sites for hydroxylation is 2. The van der Waals surface area contributed by atoms with Crippen LogP contribution in [0.25, 0.3) is 6.08 Å². The molecule has 0 saturated carbocycles. The predicted molar refractivity (Wildman–Crippen MR) is 118 cm³/mol. The van der Waals surface area contributed by atoms with Crippen LogP contribution in [-0.4, -0.2) is 41.0 Å². The highest BCUT2D eigenvalue weighted by Gasteiger charge is 2.36. The van der Waals surface area contributed by atoms with Gasteiger partial charge in [-0.2, -0.15) is 0 Å². The van der Waals surface area contributed by atoms with E-state index < -0.39 is 23.6 Å². The number of nitrogens with zero attached hydrogens (tertiary/aromatic N) is 1. The summed E-state index contributed by atoms with van der Waals surface area (Å²) in [6, 6.07) is 12.5. The van der Waals surface area contributed by atoms with Gasteiger partial charge in [0.05, 0.1) is 4.91 Å². The Bertz CT molecular complexity index is 1100. The van der Waals surface area contributed by atoms with E-state index in [1.807, 2.05) is 32.0 Å². The predicted octanol–water partition coefficient (Wildman–Crippen LogP) is 2.84. The SMILES string of the molecule is Cc1ccc(NC(=O)COc2ccccc2/C=C2\SC(=O)N(CC(N)=O)C2=O)c(C)c1. The van der Waals surface area contributed by atoms with E-state index in [1.54, 1.807) is 24.3 Å². The standard InChI is InChI=1S/C22H21N3O5S/c1-13-7-8-16(14(2)9-13)24-20(27)12-30-17-6-4-3-5-15(17)10-18-21(28)25(11-19(23)26)22(29)31-18/h3-10H,11-12H2,1-2H3,(H2,23,26)(H,24,27)/b18-10-. The maximum atomic E-state index is 12.4. The number of benzene rings is 2. The molecule has 0 spiro atoms. The average Bonchev–Trinajstić information content (AvgIpc) is 2.96. The molecule has 160 valence electrons. The minimum Gasteiger partial charge on any atom is -0.483 e. The van der Waals surface area contributed by atoms with Crippen LogP contribution in [0.3, 0.4) is 0 Å². The van der Waals surface area contributed by atoms with Crippen molar-refractivity contribution in [2.75, 3.05) is 18.5 Å². The molecule has 1 heterocycles. The molecule has 1 fully saturated rings. The average molecular weight is 439 g/mol.